The molecular weight excluding hydrogens is 386 g/mol. The van der Waals surface area contributed by atoms with Crippen LogP contribution in [0.4, 0.5) is 0 Å². The maximum Gasteiger partial charge on any atom is 0.233 e. The number of hydrogen-bond acceptors (Lipinski definition) is 4. The van der Waals surface area contributed by atoms with Gasteiger partial charge in [0.05, 0.1) is 12.8 Å². The first-order valence-electron chi connectivity index (χ1n) is 10.7. The maximum absolute atomic E-state index is 13.0. The number of nitrogens with one attached hydrogen (secondary N) is 1. The van der Waals surface area contributed by atoms with Gasteiger partial charge in [-0.05, 0) is 54.8 Å². The summed E-state index contributed by atoms with van der Waals surface area (Å²) >= 11 is 0. The van der Waals surface area contributed by atoms with Gasteiger partial charge in [0.15, 0.2) is 0 Å². The van der Waals surface area contributed by atoms with Crippen molar-refractivity contribution in [3.8, 4) is 16.9 Å². The zero-order chi connectivity index (χ0) is 21.7. The van der Waals surface area contributed by atoms with E-state index in [1.165, 1.54) is 5.56 Å². The number of benzene rings is 2. The number of hydrogen-bond donors (Lipinski definition) is 1. The molecule has 2 aromatic carbocycles. The van der Waals surface area contributed by atoms with Crippen LogP contribution in [0.15, 0.2) is 72.9 Å². The number of rotatable bonds is 6. The molecule has 1 aliphatic rings. The number of nitrogens with zero attached hydrogens (tertiary/aromatic N) is 2. The molecule has 0 radical (unpaired) electrons. The highest BCUT2D eigenvalue weighted by molar-refractivity contribution is 5.88. The first kappa shape index (κ1) is 21.1. The molecule has 1 fully saturated rings. The minimum absolute atomic E-state index is 0.0404. The van der Waals surface area contributed by atoms with Crippen molar-refractivity contribution in [2.45, 2.75) is 24.8 Å². The molecule has 0 spiro atoms. The monoisotopic (exact) mass is 415 g/mol. The molecule has 2 heterocycles. The van der Waals surface area contributed by atoms with Gasteiger partial charge in [0.1, 0.15) is 11.2 Å². The third kappa shape index (κ3) is 4.32. The van der Waals surface area contributed by atoms with Crippen LogP contribution in [0, 0.1) is 0 Å². The quantitative estimate of drug-likeness (QED) is 0.660. The fourth-order valence-electron chi connectivity index (χ4n) is 4.65. The number of carbonyl (C=O) groups excluding carboxylic acids is 1. The van der Waals surface area contributed by atoms with Gasteiger partial charge in [-0.1, -0.05) is 42.5 Å². The van der Waals surface area contributed by atoms with Crippen molar-refractivity contribution in [3.63, 3.8) is 0 Å². The van der Waals surface area contributed by atoms with Gasteiger partial charge < -0.3 is 10.1 Å². The van der Waals surface area contributed by atoms with Gasteiger partial charge in [0, 0.05) is 31.9 Å². The van der Waals surface area contributed by atoms with Crippen molar-refractivity contribution >= 4 is 5.91 Å². The van der Waals surface area contributed by atoms with Crippen molar-refractivity contribution in [3.05, 3.63) is 84.2 Å². The van der Waals surface area contributed by atoms with Crippen LogP contribution in [-0.4, -0.2) is 43.0 Å². The molecule has 1 N–H and O–H groups in total. The standard InChI is InChI=1S/C26H29N3O2/c1-27-25(30)26(24-13-5-6-15-28-24)14-8-16-29(19-26)18-20-9-7-10-21(17-20)22-11-3-4-12-23(22)31-2/h3-7,9-13,15,17H,8,14,16,18-19H2,1-2H3,(H,27,30)/t26-/m0/s1. The van der Waals surface area contributed by atoms with E-state index < -0.39 is 5.41 Å². The van der Waals surface area contributed by atoms with E-state index in [4.69, 9.17) is 4.74 Å². The predicted molar refractivity (Wildman–Crippen MR) is 123 cm³/mol. The lowest BCUT2D eigenvalue weighted by Crippen LogP contribution is -2.54. The predicted octanol–water partition coefficient (Wildman–Crippen LogP) is 4.04. The fourth-order valence-corrected chi connectivity index (χ4v) is 4.65. The van der Waals surface area contributed by atoms with Crippen LogP contribution in [-0.2, 0) is 16.8 Å². The van der Waals surface area contributed by atoms with E-state index in [0.717, 1.165) is 48.5 Å². The number of aromatic nitrogens is 1. The molecule has 1 saturated heterocycles. The Morgan fingerprint density at radius 1 is 1.13 bits per heavy atom. The molecule has 1 amide bonds. The largest absolute Gasteiger partial charge is 0.496 e. The first-order chi connectivity index (χ1) is 15.2. The van der Waals surface area contributed by atoms with Crippen LogP contribution in [0.25, 0.3) is 11.1 Å². The van der Waals surface area contributed by atoms with Gasteiger partial charge in [-0.15, -0.1) is 0 Å². The Labute approximate surface area is 184 Å². The zero-order valence-electron chi connectivity index (χ0n) is 18.2. The van der Waals surface area contributed by atoms with Crippen LogP contribution >= 0.6 is 0 Å². The molecule has 0 unspecified atom stereocenters. The SMILES string of the molecule is CNC(=O)[C@@]1(c2ccccn2)CCCN(Cc2cccc(-c3ccccc3OC)c2)C1. The third-order valence-corrected chi connectivity index (χ3v) is 6.14. The molecule has 1 atom stereocenters. The Morgan fingerprint density at radius 2 is 1.97 bits per heavy atom. The summed E-state index contributed by atoms with van der Waals surface area (Å²) in [6.45, 7) is 2.40. The number of para-hydroxylation sites is 1. The summed E-state index contributed by atoms with van der Waals surface area (Å²) in [7, 11) is 3.41. The van der Waals surface area contributed by atoms with Crippen LogP contribution in [0.5, 0.6) is 5.75 Å². The smallest absolute Gasteiger partial charge is 0.233 e. The number of amides is 1. The molecule has 31 heavy (non-hydrogen) atoms. The number of ether oxygens (including phenoxy) is 1. The molecule has 4 rings (SSSR count). The summed E-state index contributed by atoms with van der Waals surface area (Å²) in [5.74, 6) is 0.907. The molecule has 5 heteroatoms. The van der Waals surface area contributed by atoms with Crippen molar-refractivity contribution in [1.82, 2.24) is 15.2 Å². The van der Waals surface area contributed by atoms with Crippen molar-refractivity contribution in [2.75, 3.05) is 27.2 Å². The second-order valence-electron chi connectivity index (χ2n) is 8.09. The second kappa shape index (κ2) is 9.31. The summed E-state index contributed by atoms with van der Waals surface area (Å²) in [5.41, 5.74) is 3.67. The number of pyridine rings is 1. The van der Waals surface area contributed by atoms with Gasteiger partial charge >= 0.3 is 0 Å². The average Bonchev–Trinajstić information content (AvgIpc) is 2.84. The highest BCUT2D eigenvalue weighted by Crippen LogP contribution is 2.35. The normalized spacial score (nSPS) is 19.0. The molecule has 0 saturated carbocycles. The Kier molecular flexibility index (Phi) is 6.33. The van der Waals surface area contributed by atoms with E-state index in [-0.39, 0.29) is 5.91 Å². The number of methoxy groups -OCH3 is 1. The topological polar surface area (TPSA) is 54.5 Å². The number of carbonyl (C=O) groups is 1. The average molecular weight is 416 g/mol. The molecule has 5 nitrogen and oxygen atoms in total. The highest BCUT2D eigenvalue weighted by Gasteiger charge is 2.44. The molecular formula is C26H29N3O2. The van der Waals surface area contributed by atoms with Crippen LogP contribution in [0.2, 0.25) is 0 Å². The Balaban J connectivity index is 1.59. The van der Waals surface area contributed by atoms with Gasteiger partial charge in [-0.2, -0.15) is 0 Å². The molecule has 160 valence electrons. The summed E-state index contributed by atoms with van der Waals surface area (Å²) in [4.78, 5) is 19.9. The zero-order valence-corrected chi connectivity index (χ0v) is 18.2. The minimum Gasteiger partial charge on any atom is -0.496 e. The number of likely N-dealkylation sites (N-methyl/N-ethyl adjacent to an activating group) is 1. The number of likely N-dealkylation sites (tertiary alicyclic amines) is 1. The third-order valence-electron chi connectivity index (χ3n) is 6.14. The highest BCUT2D eigenvalue weighted by atomic mass is 16.5. The van der Waals surface area contributed by atoms with E-state index in [2.05, 4.69) is 45.5 Å². The van der Waals surface area contributed by atoms with Crippen molar-refractivity contribution in [1.29, 1.82) is 0 Å². The Morgan fingerprint density at radius 3 is 2.74 bits per heavy atom. The van der Waals surface area contributed by atoms with Gasteiger partial charge in [0.25, 0.3) is 0 Å². The maximum atomic E-state index is 13.0. The van der Waals surface area contributed by atoms with Gasteiger partial charge in [-0.25, -0.2) is 0 Å². The summed E-state index contributed by atoms with van der Waals surface area (Å²) in [6, 6.07) is 22.5. The Hall–Kier alpha value is -3.18. The number of piperidine rings is 1. The van der Waals surface area contributed by atoms with Crippen molar-refractivity contribution < 1.29 is 9.53 Å². The second-order valence-corrected chi connectivity index (χ2v) is 8.09. The van der Waals surface area contributed by atoms with E-state index in [1.807, 2.05) is 36.4 Å². The van der Waals surface area contributed by atoms with Crippen LogP contribution < -0.4 is 10.1 Å². The van der Waals surface area contributed by atoms with E-state index in [1.54, 1.807) is 20.4 Å². The van der Waals surface area contributed by atoms with E-state index in [0.29, 0.717) is 6.54 Å². The summed E-state index contributed by atoms with van der Waals surface area (Å²) in [6.07, 6.45) is 3.54. The molecule has 0 bridgehead atoms. The Bertz CT molecular complexity index is 1040. The van der Waals surface area contributed by atoms with E-state index >= 15 is 0 Å². The summed E-state index contributed by atoms with van der Waals surface area (Å²) in [5, 5.41) is 2.88. The first-order valence-corrected chi connectivity index (χ1v) is 10.7. The lowest BCUT2D eigenvalue weighted by atomic mass is 9.75. The lowest BCUT2D eigenvalue weighted by Gasteiger charge is -2.41. The molecule has 1 aliphatic heterocycles. The lowest BCUT2D eigenvalue weighted by molar-refractivity contribution is -0.128. The van der Waals surface area contributed by atoms with E-state index in [9.17, 15) is 4.79 Å². The minimum atomic E-state index is -0.617. The van der Waals surface area contributed by atoms with Crippen LogP contribution in [0.1, 0.15) is 24.1 Å². The van der Waals surface area contributed by atoms with Gasteiger partial charge in [-0.3, -0.25) is 14.7 Å². The van der Waals surface area contributed by atoms with Gasteiger partial charge in [0.2, 0.25) is 5.91 Å². The fraction of sp³-hybridized carbons (Fsp3) is 0.308. The molecule has 0 aliphatic carbocycles. The van der Waals surface area contributed by atoms with Crippen LogP contribution in [0.3, 0.4) is 0 Å². The van der Waals surface area contributed by atoms with Crippen molar-refractivity contribution in [2.24, 2.45) is 0 Å². The molecule has 1 aromatic heterocycles. The summed E-state index contributed by atoms with van der Waals surface area (Å²) < 4.78 is 5.54. The molecule has 3 aromatic rings.